The number of Topliss-reactive ketones (excluding diaryl/α,β-unsaturated/α-hetero) is 1. The number of likely N-dealkylation sites (tertiary alicyclic amines) is 1. The van der Waals surface area contributed by atoms with Crippen molar-refractivity contribution in [1.29, 1.82) is 0 Å². The average molecular weight is 521 g/mol. The molecule has 1 saturated heterocycles. The number of primary amides is 1. The van der Waals surface area contributed by atoms with Crippen molar-refractivity contribution in [2.24, 2.45) is 17.4 Å². The zero-order valence-corrected chi connectivity index (χ0v) is 20.4. The number of alkyl halides is 3. The predicted octanol–water partition coefficient (Wildman–Crippen LogP) is 2.63. The molecule has 3 amide bonds. The molecule has 2 aromatic rings. The lowest BCUT2D eigenvalue weighted by molar-refractivity contribution is -0.137. The number of urea groups is 1. The number of carbonyl (C=O) groups excluding carboxylic acids is 3. The van der Waals surface area contributed by atoms with Gasteiger partial charge < -0.3 is 27.8 Å². The molecule has 0 saturated carbocycles. The number of nitrogen functional groups attached to an aromatic ring is 1. The smallest absolute Gasteiger partial charge is 0.398 e. The fourth-order valence-electron chi connectivity index (χ4n) is 4.34. The average Bonchev–Trinajstić information content (AvgIpc) is 2.83. The first-order valence-corrected chi connectivity index (χ1v) is 11.8. The van der Waals surface area contributed by atoms with Crippen LogP contribution in [0, 0.1) is 12.8 Å². The summed E-state index contributed by atoms with van der Waals surface area (Å²) in [4.78, 5) is 38.4. The molecule has 1 fully saturated rings. The Hall–Kier alpha value is -3.64. The second-order valence-corrected chi connectivity index (χ2v) is 9.23. The number of nitrogens with one attached hydrogen (secondary N) is 2. The van der Waals surface area contributed by atoms with Gasteiger partial charge in [-0.25, -0.2) is 4.79 Å². The van der Waals surface area contributed by atoms with Gasteiger partial charge in [-0.15, -0.1) is 0 Å². The quantitative estimate of drug-likeness (QED) is 0.337. The zero-order valence-electron chi connectivity index (χ0n) is 20.4. The highest BCUT2D eigenvalue weighted by atomic mass is 19.4. The van der Waals surface area contributed by atoms with Gasteiger partial charge in [0, 0.05) is 17.9 Å². The highest BCUT2D eigenvalue weighted by Crippen LogP contribution is 2.31. The van der Waals surface area contributed by atoms with E-state index in [0.717, 1.165) is 23.3 Å². The lowest BCUT2D eigenvalue weighted by Gasteiger charge is -2.34. The maximum absolute atomic E-state index is 13.0. The summed E-state index contributed by atoms with van der Waals surface area (Å²) >= 11 is 0. The van der Waals surface area contributed by atoms with Crippen molar-refractivity contribution < 1.29 is 27.6 Å². The van der Waals surface area contributed by atoms with E-state index >= 15 is 0 Å². The number of nitrogens with two attached hydrogens (primary N) is 3. The van der Waals surface area contributed by atoms with Crippen LogP contribution in [0.15, 0.2) is 36.4 Å². The molecular formula is C25H31F3N6O3. The summed E-state index contributed by atoms with van der Waals surface area (Å²) in [5.41, 5.74) is 18.1. The molecule has 37 heavy (non-hydrogen) atoms. The predicted molar refractivity (Wildman–Crippen MR) is 134 cm³/mol. The molecule has 9 nitrogen and oxygen atoms in total. The number of hydrogen-bond acceptors (Lipinski definition) is 6. The number of carbonyl (C=O) groups is 3. The maximum Gasteiger partial charge on any atom is 0.416 e. The molecule has 200 valence electrons. The first kappa shape index (κ1) is 27.9. The lowest BCUT2D eigenvalue weighted by atomic mass is 9.87. The van der Waals surface area contributed by atoms with Crippen LogP contribution in [0.5, 0.6) is 0 Å². The van der Waals surface area contributed by atoms with E-state index in [0.29, 0.717) is 44.2 Å². The molecular weight excluding hydrogens is 489 g/mol. The lowest BCUT2D eigenvalue weighted by Crippen LogP contribution is -2.47. The summed E-state index contributed by atoms with van der Waals surface area (Å²) in [6.07, 6.45) is -3.29. The Labute approximate surface area is 212 Å². The van der Waals surface area contributed by atoms with E-state index in [2.05, 4.69) is 15.5 Å². The number of ketones is 1. The topological polar surface area (TPSA) is 157 Å². The van der Waals surface area contributed by atoms with Gasteiger partial charge in [-0.2, -0.15) is 13.2 Å². The first-order valence-electron chi connectivity index (χ1n) is 11.8. The van der Waals surface area contributed by atoms with Gasteiger partial charge in [-0.3, -0.25) is 14.5 Å². The number of amides is 3. The molecule has 0 spiro atoms. The Morgan fingerprint density at radius 3 is 2.41 bits per heavy atom. The molecule has 0 bridgehead atoms. The van der Waals surface area contributed by atoms with Crippen molar-refractivity contribution in [3.05, 3.63) is 58.7 Å². The summed E-state index contributed by atoms with van der Waals surface area (Å²) in [5, 5.41) is 4.95. The van der Waals surface area contributed by atoms with Crippen molar-refractivity contribution >= 4 is 29.1 Å². The Balaban J connectivity index is 1.50. The SMILES string of the molecule is Cc1ccc(CN2CCC(C(N)C(=O)CNC(=O)c3cc(C(F)(F)F)ccc3N)CC2)cc1NC(N)=O. The van der Waals surface area contributed by atoms with Gasteiger partial charge in [-0.05, 0) is 74.2 Å². The zero-order chi connectivity index (χ0) is 27.3. The molecule has 0 aliphatic carbocycles. The van der Waals surface area contributed by atoms with Crippen LogP contribution in [0.2, 0.25) is 0 Å². The number of benzene rings is 2. The fourth-order valence-corrected chi connectivity index (χ4v) is 4.34. The molecule has 2 aromatic carbocycles. The van der Waals surface area contributed by atoms with Crippen molar-refractivity contribution in [3.8, 4) is 0 Å². The van der Waals surface area contributed by atoms with Crippen LogP contribution < -0.4 is 27.8 Å². The third-order valence-corrected chi connectivity index (χ3v) is 6.53. The van der Waals surface area contributed by atoms with Gasteiger partial charge in [-0.1, -0.05) is 12.1 Å². The summed E-state index contributed by atoms with van der Waals surface area (Å²) in [7, 11) is 0. The second-order valence-electron chi connectivity index (χ2n) is 9.23. The Morgan fingerprint density at radius 2 is 1.78 bits per heavy atom. The summed E-state index contributed by atoms with van der Waals surface area (Å²) in [6.45, 7) is 3.51. The number of hydrogen-bond donors (Lipinski definition) is 5. The summed E-state index contributed by atoms with van der Waals surface area (Å²) in [6, 6.07) is 6.76. The third-order valence-electron chi connectivity index (χ3n) is 6.53. The number of nitrogens with zero attached hydrogens (tertiary/aromatic N) is 1. The standard InChI is InChI=1S/C25H31F3N6O3/c1-14-2-3-15(10-20(14)33-24(31)37)13-34-8-6-16(7-9-34)22(30)21(35)12-32-23(36)18-11-17(25(26,27)28)4-5-19(18)29/h2-5,10-11,16,22H,6-9,12-13,29-30H2,1H3,(H,32,36)(H3,31,33,37). The molecule has 3 rings (SSSR count). The Kier molecular flexibility index (Phi) is 8.77. The number of halogens is 3. The van der Waals surface area contributed by atoms with Crippen LogP contribution in [0.3, 0.4) is 0 Å². The highest BCUT2D eigenvalue weighted by molar-refractivity contribution is 6.01. The van der Waals surface area contributed by atoms with Crippen LogP contribution >= 0.6 is 0 Å². The Morgan fingerprint density at radius 1 is 1.11 bits per heavy atom. The van der Waals surface area contributed by atoms with Gasteiger partial charge in [0.1, 0.15) is 0 Å². The number of rotatable bonds is 8. The van der Waals surface area contributed by atoms with E-state index in [-0.39, 0.29) is 17.2 Å². The van der Waals surface area contributed by atoms with Gasteiger partial charge >= 0.3 is 12.2 Å². The van der Waals surface area contributed by atoms with Gasteiger partial charge in [0.2, 0.25) is 0 Å². The van der Waals surface area contributed by atoms with E-state index in [4.69, 9.17) is 17.2 Å². The molecule has 0 aromatic heterocycles. The minimum absolute atomic E-state index is 0.0932. The third kappa shape index (κ3) is 7.43. The largest absolute Gasteiger partial charge is 0.416 e. The number of aryl methyl sites for hydroxylation is 1. The van der Waals surface area contributed by atoms with E-state index in [9.17, 15) is 27.6 Å². The van der Waals surface area contributed by atoms with E-state index in [1.165, 1.54) is 0 Å². The minimum Gasteiger partial charge on any atom is -0.398 e. The Bertz CT molecular complexity index is 1160. The van der Waals surface area contributed by atoms with Gasteiger partial charge in [0.25, 0.3) is 5.91 Å². The molecule has 0 radical (unpaired) electrons. The first-order chi connectivity index (χ1) is 17.3. The normalized spacial score (nSPS) is 15.7. The van der Waals surface area contributed by atoms with Crippen molar-refractivity contribution in [3.63, 3.8) is 0 Å². The summed E-state index contributed by atoms with van der Waals surface area (Å²) in [5.74, 6) is -1.37. The van der Waals surface area contributed by atoms with Crippen molar-refractivity contribution in [2.45, 2.75) is 38.5 Å². The van der Waals surface area contributed by atoms with E-state index in [1.54, 1.807) is 0 Å². The molecule has 1 atom stereocenters. The maximum atomic E-state index is 13.0. The van der Waals surface area contributed by atoms with Crippen molar-refractivity contribution in [1.82, 2.24) is 10.2 Å². The second kappa shape index (κ2) is 11.6. The van der Waals surface area contributed by atoms with E-state index < -0.39 is 42.0 Å². The van der Waals surface area contributed by atoms with Crippen LogP contribution in [0.25, 0.3) is 0 Å². The number of piperidine rings is 1. The van der Waals surface area contributed by atoms with Crippen LogP contribution in [-0.2, 0) is 17.5 Å². The summed E-state index contributed by atoms with van der Waals surface area (Å²) < 4.78 is 38.9. The molecule has 1 heterocycles. The molecule has 8 N–H and O–H groups in total. The molecule has 1 unspecified atom stereocenters. The monoisotopic (exact) mass is 520 g/mol. The van der Waals surface area contributed by atoms with Crippen LogP contribution in [-0.4, -0.2) is 48.3 Å². The van der Waals surface area contributed by atoms with Gasteiger partial charge in [0.15, 0.2) is 5.78 Å². The van der Waals surface area contributed by atoms with E-state index in [1.807, 2.05) is 25.1 Å². The van der Waals surface area contributed by atoms with Crippen LogP contribution in [0.1, 0.15) is 39.9 Å². The molecule has 1 aliphatic heterocycles. The number of anilines is 2. The highest BCUT2D eigenvalue weighted by Gasteiger charge is 2.32. The minimum atomic E-state index is -4.63. The molecule has 1 aliphatic rings. The molecule has 12 heteroatoms. The van der Waals surface area contributed by atoms with Crippen LogP contribution in [0.4, 0.5) is 29.3 Å². The van der Waals surface area contributed by atoms with Crippen molar-refractivity contribution in [2.75, 3.05) is 30.7 Å². The van der Waals surface area contributed by atoms with Gasteiger partial charge in [0.05, 0.1) is 23.7 Å². The fraction of sp³-hybridized carbons (Fsp3) is 0.400.